The molecule has 1 aliphatic heterocycles. The normalized spacial score (nSPS) is 23.2. The Kier molecular flexibility index (Phi) is 7.03. The van der Waals surface area contributed by atoms with Crippen LogP contribution in [0.4, 0.5) is 0 Å². The molecule has 1 N–H and O–H groups in total. The van der Waals surface area contributed by atoms with E-state index in [1.54, 1.807) is 0 Å². The average molecular weight is 213 g/mol. The fraction of sp³-hybridized carbons (Fsp3) is 1.00. The van der Waals surface area contributed by atoms with Gasteiger partial charge in [-0.1, -0.05) is 20.3 Å². The number of nitrogens with one attached hydrogen (secondary N) is 1. The van der Waals surface area contributed by atoms with Gasteiger partial charge in [0.25, 0.3) is 0 Å². The van der Waals surface area contributed by atoms with Crippen molar-refractivity contribution < 1.29 is 4.74 Å². The Morgan fingerprint density at radius 1 is 1.40 bits per heavy atom. The van der Waals surface area contributed by atoms with E-state index in [0.717, 1.165) is 19.1 Å². The predicted octanol–water partition coefficient (Wildman–Crippen LogP) is 2.97. The minimum absolute atomic E-state index is 0.574. The summed E-state index contributed by atoms with van der Waals surface area (Å²) in [5.41, 5.74) is 0. The van der Waals surface area contributed by atoms with Crippen LogP contribution in [0.5, 0.6) is 0 Å². The molecule has 2 unspecified atom stereocenters. The molecular weight excluding hydrogens is 186 g/mol. The fourth-order valence-corrected chi connectivity index (χ4v) is 2.23. The second-order valence-corrected chi connectivity index (χ2v) is 4.69. The highest BCUT2D eigenvalue weighted by molar-refractivity contribution is 4.68. The summed E-state index contributed by atoms with van der Waals surface area (Å²) in [7, 11) is 0. The van der Waals surface area contributed by atoms with Crippen molar-refractivity contribution in [1.29, 1.82) is 0 Å². The van der Waals surface area contributed by atoms with Gasteiger partial charge in [0.05, 0.1) is 6.10 Å². The molecule has 0 bridgehead atoms. The van der Waals surface area contributed by atoms with Crippen LogP contribution in [0.2, 0.25) is 0 Å². The molecule has 1 aliphatic rings. The van der Waals surface area contributed by atoms with Crippen molar-refractivity contribution in [3.63, 3.8) is 0 Å². The van der Waals surface area contributed by atoms with E-state index in [9.17, 15) is 0 Å². The van der Waals surface area contributed by atoms with Crippen LogP contribution in [-0.2, 0) is 4.74 Å². The van der Waals surface area contributed by atoms with Gasteiger partial charge in [-0.2, -0.15) is 0 Å². The van der Waals surface area contributed by atoms with Gasteiger partial charge in [-0.05, 0) is 51.1 Å². The first-order valence-electron chi connectivity index (χ1n) is 6.69. The third-order valence-corrected chi connectivity index (χ3v) is 3.36. The molecule has 1 saturated heterocycles. The smallest absolute Gasteiger partial charge is 0.0576 e. The van der Waals surface area contributed by atoms with Crippen molar-refractivity contribution in [1.82, 2.24) is 5.32 Å². The number of hydrogen-bond acceptors (Lipinski definition) is 2. The van der Waals surface area contributed by atoms with Crippen molar-refractivity contribution in [2.75, 3.05) is 19.7 Å². The van der Waals surface area contributed by atoms with Crippen LogP contribution >= 0.6 is 0 Å². The molecule has 0 aliphatic carbocycles. The Bertz CT molecular complexity index is 143. The summed E-state index contributed by atoms with van der Waals surface area (Å²) >= 11 is 0. The molecular formula is C13H27NO. The maximum atomic E-state index is 5.65. The van der Waals surface area contributed by atoms with Crippen LogP contribution in [0.25, 0.3) is 0 Å². The van der Waals surface area contributed by atoms with Gasteiger partial charge >= 0.3 is 0 Å². The van der Waals surface area contributed by atoms with Gasteiger partial charge in [-0.15, -0.1) is 0 Å². The molecule has 2 atom stereocenters. The SMILES string of the molecule is CCCNCC(CC)CCC1CCCO1. The predicted molar refractivity (Wildman–Crippen MR) is 65.1 cm³/mol. The number of ether oxygens (including phenoxy) is 1. The van der Waals surface area contributed by atoms with E-state index in [2.05, 4.69) is 19.2 Å². The monoisotopic (exact) mass is 213 g/mol. The largest absolute Gasteiger partial charge is 0.378 e. The van der Waals surface area contributed by atoms with E-state index in [1.807, 2.05) is 0 Å². The minimum atomic E-state index is 0.574. The zero-order chi connectivity index (χ0) is 10.9. The van der Waals surface area contributed by atoms with Gasteiger partial charge in [-0.25, -0.2) is 0 Å². The highest BCUT2D eigenvalue weighted by atomic mass is 16.5. The molecule has 0 saturated carbocycles. The lowest BCUT2D eigenvalue weighted by Crippen LogP contribution is -2.24. The highest BCUT2D eigenvalue weighted by Gasteiger charge is 2.16. The lowest BCUT2D eigenvalue weighted by atomic mass is 9.97. The summed E-state index contributed by atoms with van der Waals surface area (Å²) < 4.78 is 5.65. The summed E-state index contributed by atoms with van der Waals surface area (Å²) in [5, 5.41) is 3.52. The average Bonchev–Trinajstić information content (AvgIpc) is 2.76. The summed E-state index contributed by atoms with van der Waals surface area (Å²) in [6.07, 6.45) is 8.27. The highest BCUT2D eigenvalue weighted by Crippen LogP contribution is 2.20. The Balaban J connectivity index is 2.04. The quantitative estimate of drug-likeness (QED) is 0.626. The number of rotatable bonds is 8. The van der Waals surface area contributed by atoms with Crippen LogP contribution in [0.1, 0.15) is 52.4 Å². The summed E-state index contributed by atoms with van der Waals surface area (Å²) in [5.74, 6) is 0.848. The lowest BCUT2D eigenvalue weighted by Gasteiger charge is -2.17. The first-order chi connectivity index (χ1) is 7.36. The maximum Gasteiger partial charge on any atom is 0.0576 e. The Morgan fingerprint density at radius 2 is 2.27 bits per heavy atom. The molecule has 2 heteroatoms. The molecule has 0 aromatic carbocycles. The molecule has 1 heterocycles. The second kappa shape index (κ2) is 8.12. The number of hydrogen-bond donors (Lipinski definition) is 1. The molecule has 2 nitrogen and oxygen atoms in total. The molecule has 0 spiro atoms. The van der Waals surface area contributed by atoms with Crippen LogP contribution in [0.15, 0.2) is 0 Å². The molecule has 1 rings (SSSR count). The van der Waals surface area contributed by atoms with E-state index in [-0.39, 0.29) is 0 Å². The molecule has 1 fully saturated rings. The first-order valence-corrected chi connectivity index (χ1v) is 6.69. The summed E-state index contributed by atoms with van der Waals surface area (Å²) in [4.78, 5) is 0. The first kappa shape index (κ1) is 13.0. The van der Waals surface area contributed by atoms with Gasteiger partial charge < -0.3 is 10.1 Å². The molecule has 0 radical (unpaired) electrons. The van der Waals surface area contributed by atoms with Gasteiger partial charge in [0.15, 0.2) is 0 Å². The van der Waals surface area contributed by atoms with Gasteiger partial charge in [0.2, 0.25) is 0 Å². The lowest BCUT2D eigenvalue weighted by molar-refractivity contribution is 0.0977. The van der Waals surface area contributed by atoms with Crippen LogP contribution in [0.3, 0.4) is 0 Å². The van der Waals surface area contributed by atoms with E-state index in [0.29, 0.717) is 6.10 Å². The van der Waals surface area contributed by atoms with E-state index >= 15 is 0 Å². The molecule has 0 amide bonds. The third-order valence-electron chi connectivity index (χ3n) is 3.36. The summed E-state index contributed by atoms with van der Waals surface area (Å²) in [6, 6.07) is 0. The summed E-state index contributed by atoms with van der Waals surface area (Å²) in [6.45, 7) is 7.87. The minimum Gasteiger partial charge on any atom is -0.378 e. The molecule has 90 valence electrons. The Morgan fingerprint density at radius 3 is 2.87 bits per heavy atom. The Hall–Kier alpha value is -0.0800. The third kappa shape index (κ3) is 5.53. The van der Waals surface area contributed by atoms with Gasteiger partial charge in [0, 0.05) is 6.61 Å². The topological polar surface area (TPSA) is 21.3 Å². The molecule has 0 aromatic rings. The molecule has 15 heavy (non-hydrogen) atoms. The van der Waals surface area contributed by atoms with Crippen molar-refractivity contribution in [3.8, 4) is 0 Å². The fourth-order valence-electron chi connectivity index (χ4n) is 2.23. The Labute approximate surface area is 94.8 Å². The van der Waals surface area contributed by atoms with Gasteiger partial charge in [-0.3, -0.25) is 0 Å². The van der Waals surface area contributed by atoms with Crippen LogP contribution in [0, 0.1) is 5.92 Å². The van der Waals surface area contributed by atoms with E-state index in [1.165, 1.54) is 45.1 Å². The second-order valence-electron chi connectivity index (χ2n) is 4.69. The van der Waals surface area contributed by atoms with Crippen molar-refractivity contribution in [2.45, 2.75) is 58.5 Å². The maximum absolute atomic E-state index is 5.65. The standard InChI is InChI=1S/C13H27NO/c1-3-9-14-11-12(4-2)7-8-13-6-5-10-15-13/h12-14H,3-11H2,1-2H3. The van der Waals surface area contributed by atoms with Crippen molar-refractivity contribution in [2.24, 2.45) is 5.92 Å². The zero-order valence-electron chi connectivity index (χ0n) is 10.4. The van der Waals surface area contributed by atoms with E-state index in [4.69, 9.17) is 4.74 Å². The van der Waals surface area contributed by atoms with Crippen molar-refractivity contribution >= 4 is 0 Å². The zero-order valence-corrected chi connectivity index (χ0v) is 10.4. The van der Waals surface area contributed by atoms with E-state index < -0.39 is 0 Å². The van der Waals surface area contributed by atoms with Crippen LogP contribution in [-0.4, -0.2) is 25.8 Å². The molecule has 0 aromatic heterocycles. The van der Waals surface area contributed by atoms with Gasteiger partial charge in [0.1, 0.15) is 0 Å². The van der Waals surface area contributed by atoms with Crippen molar-refractivity contribution in [3.05, 3.63) is 0 Å². The van der Waals surface area contributed by atoms with Crippen LogP contribution < -0.4 is 5.32 Å².